The Balaban J connectivity index is 1.99. The first-order chi connectivity index (χ1) is 10.7. The first-order valence-electron chi connectivity index (χ1n) is 7.59. The molecule has 0 bridgehead atoms. The van der Waals surface area contributed by atoms with Gasteiger partial charge in [0.25, 0.3) is 0 Å². The van der Waals surface area contributed by atoms with Crippen LogP contribution in [0.25, 0.3) is 0 Å². The fourth-order valence-electron chi connectivity index (χ4n) is 2.70. The molecule has 1 fully saturated rings. The summed E-state index contributed by atoms with van der Waals surface area (Å²) in [6.07, 6.45) is 2.14. The van der Waals surface area contributed by atoms with Crippen molar-refractivity contribution < 1.29 is 9.47 Å². The molecule has 22 heavy (non-hydrogen) atoms. The number of nitrogens with zero attached hydrogens (tertiary/aromatic N) is 2. The average molecular weight is 306 g/mol. The summed E-state index contributed by atoms with van der Waals surface area (Å²) in [4.78, 5) is 6.54. The van der Waals surface area contributed by atoms with E-state index in [9.17, 15) is 0 Å². The molecule has 1 aromatic carbocycles. The van der Waals surface area contributed by atoms with Gasteiger partial charge in [-0.25, -0.2) is 0 Å². The van der Waals surface area contributed by atoms with Gasteiger partial charge in [-0.05, 0) is 12.8 Å². The maximum absolute atomic E-state index is 5.35. The summed E-state index contributed by atoms with van der Waals surface area (Å²) in [5.74, 6) is 2.50. The number of hydrogen-bond acceptors (Lipinski definition) is 4. The van der Waals surface area contributed by atoms with Crippen molar-refractivity contribution in [3.63, 3.8) is 0 Å². The summed E-state index contributed by atoms with van der Waals surface area (Å²) in [5.41, 5.74) is 1.15. The molecule has 6 heteroatoms. The summed E-state index contributed by atoms with van der Waals surface area (Å²) in [6.45, 7) is 1.99. The highest BCUT2D eigenvalue weighted by Gasteiger charge is 2.20. The Morgan fingerprint density at radius 2 is 1.73 bits per heavy atom. The van der Waals surface area contributed by atoms with E-state index in [-0.39, 0.29) is 0 Å². The zero-order valence-corrected chi connectivity index (χ0v) is 13.8. The number of rotatable bonds is 4. The maximum atomic E-state index is 5.35. The molecular formula is C16H26N4O2. The monoisotopic (exact) mass is 306 g/mol. The molecule has 2 N–H and O–H groups in total. The third-order valence-corrected chi connectivity index (χ3v) is 4.00. The molecular weight excluding hydrogens is 280 g/mol. The molecule has 0 aromatic heterocycles. The minimum absolute atomic E-state index is 0.454. The number of nitrogens with one attached hydrogen (secondary N) is 2. The van der Waals surface area contributed by atoms with Gasteiger partial charge in [0.2, 0.25) is 0 Å². The topological polar surface area (TPSA) is 58.1 Å². The first-order valence-corrected chi connectivity index (χ1v) is 7.59. The molecule has 0 amide bonds. The molecule has 1 aliphatic heterocycles. The SMILES string of the molecule is CN=C(NC)NC1CCN(c2cc(OC)cc(OC)c2)CC1. The highest BCUT2D eigenvalue weighted by Crippen LogP contribution is 2.30. The van der Waals surface area contributed by atoms with Crippen molar-refractivity contribution >= 4 is 11.6 Å². The van der Waals surface area contributed by atoms with Gasteiger partial charge in [0.1, 0.15) is 11.5 Å². The van der Waals surface area contributed by atoms with Crippen molar-refractivity contribution in [1.29, 1.82) is 0 Å². The Morgan fingerprint density at radius 3 is 2.18 bits per heavy atom. The highest BCUT2D eigenvalue weighted by molar-refractivity contribution is 5.79. The Labute approximate surface area is 132 Å². The molecule has 0 radical (unpaired) electrons. The third kappa shape index (κ3) is 3.96. The Hall–Kier alpha value is -2.11. The predicted molar refractivity (Wildman–Crippen MR) is 90.3 cm³/mol. The van der Waals surface area contributed by atoms with Gasteiger partial charge in [-0.3, -0.25) is 4.99 Å². The zero-order chi connectivity index (χ0) is 15.9. The minimum Gasteiger partial charge on any atom is -0.497 e. The Morgan fingerprint density at radius 1 is 1.14 bits per heavy atom. The van der Waals surface area contributed by atoms with Gasteiger partial charge in [-0.15, -0.1) is 0 Å². The largest absolute Gasteiger partial charge is 0.497 e. The number of ether oxygens (including phenoxy) is 2. The molecule has 0 unspecified atom stereocenters. The molecule has 6 nitrogen and oxygen atoms in total. The lowest BCUT2D eigenvalue weighted by atomic mass is 10.0. The molecule has 122 valence electrons. The Kier molecular flexibility index (Phi) is 5.75. The number of piperidine rings is 1. The van der Waals surface area contributed by atoms with Gasteiger partial charge in [0.05, 0.1) is 14.2 Å². The third-order valence-electron chi connectivity index (χ3n) is 4.00. The van der Waals surface area contributed by atoms with Crippen LogP contribution in [0.5, 0.6) is 11.5 Å². The first kappa shape index (κ1) is 16.3. The number of hydrogen-bond donors (Lipinski definition) is 2. The molecule has 0 atom stereocenters. The van der Waals surface area contributed by atoms with Crippen LogP contribution in [-0.2, 0) is 0 Å². The van der Waals surface area contributed by atoms with E-state index in [0.717, 1.165) is 49.1 Å². The van der Waals surface area contributed by atoms with E-state index in [1.807, 2.05) is 13.1 Å². The summed E-state index contributed by atoms with van der Waals surface area (Å²) >= 11 is 0. The normalized spacial score (nSPS) is 16.4. The van der Waals surface area contributed by atoms with E-state index in [2.05, 4.69) is 32.7 Å². The summed E-state index contributed by atoms with van der Waals surface area (Å²) in [5, 5.41) is 6.50. The van der Waals surface area contributed by atoms with E-state index in [0.29, 0.717) is 6.04 Å². The molecule has 1 aliphatic rings. The molecule has 0 aliphatic carbocycles. The van der Waals surface area contributed by atoms with Gasteiger partial charge < -0.3 is 25.0 Å². The van der Waals surface area contributed by atoms with Crippen LogP contribution >= 0.6 is 0 Å². The van der Waals surface area contributed by atoms with Crippen molar-refractivity contribution in [2.24, 2.45) is 4.99 Å². The number of anilines is 1. The van der Waals surface area contributed by atoms with Crippen molar-refractivity contribution in [2.45, 2.75) is 18.9 Å². The van der Waals surface area contributed by atoms with Gasteiger partial charge in [-0.1, -0.05) is 0 Å². The van der Waals surface area contributed by atoms with Crippen molar-refractivity contribution in [1.82, 2.24) is 10.6 Å². The van der Waals surface area contributed by atoms with E-state index in [1.54, 1.807) is 21.3 Å². The van der Waals surface area contributed by atoms with Crippen molar-refractivity contribution in [2.75, 3.05) is 46.3 Å². The minimum atomic E-state index is 0.454. The lowest BCUT2D eigenvalue weighted by Crippen LogP contribution is -2.48. The van der Waals surface area contributed by atoms with Crippen LogP contribution in [-0.4, -0.2) is 53.4 Å². The second-order valence-electron chi connectivity index (χ2n) is 5.30. The van der Waals surface area contributed by atoms with Crippen molar-refractivity contribution in [3.05, 3.63) is 18.2 Å². The predicted octanol–water partition coefficient (Wildman–Crippen LogP) is 1.47. The van der Waals surface area contributed by atoms with E-state index >= 15 is 0 Å². The van der Waals surface area contributed by atoms with Crippen LogP contribution < -0.4 is 25.0 Å². The van der Waals surface area contributed by atoms with E-state index in [4.69, 9.17) is 9.47 Å². The van der Waals surface area contributed by atoms with Crippen LogP contribution in [0.4, 0.5) is 5.69 Å². The highest BCUT2D eigenvalue weighted by atomic mass is 16.5. The van der Waals surface area contributed by atoms with E-state index in [1.165, 1.54) is 0 Å². The van der Waals surface area contributed by atoms with Gasteiger partial charge in [0.15, 0.2) is 5.96 Å². The number of benzene rings is 1. The van der Waals surface area contributed by atoms with Crippen LogP contribution in [0.2, 0.25) is 0 Å². The standard InChI is InChI=1S/C16H26N4O2/c1-17-16(18-2)19-12-5-7-20(8-6-12)13-9-14(21-3)11-15(10-13)22-4/h9-12H,5-8H2,1-4H3,(H2,17,18,19). The molecule has 1 heterocycles. The second-order valence-corrected chi connectivity index (χ2v) is 5.30. The number of aliphatic imine (C=N–C) groups is 1. The second kappa shape index (κ2) is 7.77. The fraction of sp³-hybridized carbons (Fsp3) is 0.562. The quantitative estimate of drug-likeness (QED) is 0.652. The maximum Gasteiger partial charge on any atom is 0.190 e. The lowest BCUT2D eigenvalue weighted by Gasteiger charge is -2.34. The summed E-state index contributed by atoms with van der Waals surface area (Å²) in [6, 6.07) is 6.47. The van der Waals surface area contributed by atoms with Crippen molar-refractivity contribution in [3.8, 4) is 11.5 Å². The lowest BCUT2D eigenvalue weighted by molar-refractivity contribution is 0.393. The Bertz CT molecular complexity index is 489. The van der Waals surface area contributed by atoms with Crippen LogP contribution in [0.15, 0.2) is 23.2 Å². The molecule has 0 saturated carbocycles. The van der Waals surface area contributed by atoms with Crippen LogP contribution in [0.1, 0.15) is 12.8 Å². The summed E-state index contributed by atoms with van der Waals surface area (Å²) in [7, 11) is 7.03. The number of methoxy groups -OCH3 is 2. The number of guanidine groups is 1. The fourth-order valence-corrected chi connectivity index (χ4v) is 2.70. The molecule has 0 spiro atoms. The zero-order valence-electron chi connectivity index (χ0n) is 13.8. The van der Waals surface area contributed by atoms with Gasteiger partial charge in [0, 0.05) is 57.1 Å². The summed E-state index contributed by atoms with van der Waals surface area (Å²) < 4.78 is 10.7. The molecule has 2 rings (SSSR count). The van der Waals surface area contributed by atoms with Gasteiger partial charge in [-0.2, -0.15) is 0 Å². The average Bonchev–Trinajstić information content (AvgIpc) is 2.59. The van der Waals surface area contributed by atoms with Crippen LogP contribution in [0.3, 0.4) is 0 Å². The van der Waals surface area contributed by atoms with E-state index < -0.39 is 0 Å². The molecule has 1 aromatic rings. The van der Waals surface area contributed by atoms with Crippen LogP contribution in [0, 0.1) is 0 Å². The smallest absolute Gasteiger partial charge is 0.190 e. The van der Waals surface area contributed by atoms with Gasteiger partial charge >= 0.3 is 0 Å². The molecule has 1 saturated heterocycles.